The predicted octanol–water partition coefficient (Wildman–Crippen LogP) is 3.08. The van der Waals surface area contributed by atoms with Crippen LogP contribution in [0.4, 0.5) is 0 Å². The zero-order valence-electron chi connectivity index (χ0n) is 13.7. The van der Waals surface area contributed by atoms with Crippen LogP contribution >= 0.6 is 0 Å². The predicted molar refractivity (Wildman–Crippen MR) is 84.6 cm³/mol. The van der Waals surface area contributed by atoms with Crippen molar-refractivity contribution >= 4 is 5.97 Å². The van der Waals surface area contributed by atoms with Gasteiger partial charge in [-0.1, -0.05) is 18.2 Å². The van der Waals surface area contributed by atoms with Gasteiger partial charge in [-0.2, -0.15) is 0 Å². The van der Waals surface area contributed by atoms with E-state index < -0.39 is 5.54 Å². The lowest BCUT2D eigenvalue weighted by Crippen LogP contribution is -2.54. The number of carbonyl (C=O) groups excluding carboxylic acids is 1. The van der Waals surface area contributed by atoms with Gasteiger partial charge in [0.2, 0.25) is 0 Å². The Labute approximate surface area is 127 Å². The molecule has 1 N–H and O–H groups in total. The third kappa shape index (κ3) is 5.38. The van der Waals surface area contributed by atoms with Crippen molar-refractivity contribution < 1.29 is 14.3 Å². The summed E-state index contributed by atoms with van der Waals surface area (Å²) < 4.78 is 11.0. The molecule has 0 bridgehead atoms. The number of hydrogen-bond donors (Lipinski definition) is 1. The summed E-state index contributed by atoms with van der Waals surface area (Å²) in [7, 11) is 0. The van der Waals surface area contributed by atoms with Gasteiger partial charge < -0.3 is 9.47 Å². The monoisotopic (exact) mass is 293 g/mol. The van der Waals surface area contributed by atoms with Crippen molar-refractivity contribution in [1.29, 1.82) is 0 Å². The van der Waals surface area contributed by atoms with Gasteiger partial charge in [0.15, 0.2) is 0 Å². The number of aryl methyl sites for hydroxylation is 1. The standard InChI is InChI=1S/C17H27NO3/c1-6-20-16(19)17(5,18-13(2)3)11-12-21-15-10-8-7-9-14(15)4/h7-10,13,18H,6,11-12H2,1-5H3. The first-order valence-corrected chi connectivity index (χ1v) is 7.52. The third-order valence-electron chi connectivity index (χ3n) is 3.29. The zero-order chi connectivity index (χ0) is 15.9. The lowest BCUT2D eigenvalue weighted by Gasteiger charge is -2.30. The molecule has 0 heterocycles. The summed E-state index contributed by atoms with van der Waals surface area (Å²) >= 11 is 0. The molecule has 1 rings (SSSR count). The highest BCUT2D eigenvalue weighted by molar-refractivity contribution is 5.80. The lowest BCUT2D eigenvalue weighted by atomic mass is 9.97. The first-order chi connectivity index (χ1) is 9.89. The van der Waals surface area contributed by atoms with E-state index in [0.717, 1.165) is 11.3 Å². The quantitative estimate of drug-likeness (QED) is 0.748. The summed E-state index contributed by atoms with van der Waals surface area (Å²) in [5, 5.41) is 3.29. The van der Waals surface area contributed by atoms with Crippen molar-refractivity contribution in [3.8, 4) is 5.75 Å². The number of nitrogens with one attached hydrogen (secondary N) is 1. The Kier molecular flexibility index (Phi) is 6.69. The molecule has 0 saturated carbocycles. The Morgan fingerprint density at radius 3 is 2.57 bits per heavy atom. The van der Waals surface area contributed by atoms with Crippen LogP contribution in [0.1, 0.15) is 39.7 Å². The molecule has 1 aromatic rings. The van der Waals surface area contributed by atoms with Gasteiger partial charge in [0.25, 0.3) is 0 Å². The highest BCUT2D eigenvalue weighted by Crippen LogP contribution is 2.19. The van der Waals surface area contributed by atoms with E-state index in [4.69, 9.17) is 9.47 Å². The second-order valence-electron chi connectivity index (χ2n) is 5.72. The molecule has 1 aromatic carbocycles. The number of rotatable bonds is 8. The molecule has 1 atom stereocenters. The van der Waals surface area contributed by atoms with Crippen molar-refractivity contribution in [3.05, 3.63) is 29.8 Å². The van der Waals surface area contributed by atoms with Crippen molar-refractivity contribution in [2.75, 3.05) is 13.2 Å². The number of benzene rings is 1. The second kappa shape index (κ2) is 8.03. The molecule has 1 unspecified atom stereocenters. The number of esters is 1. The molecular formula is C17H27NO3. The van der Waals surface area contributed by atoms with Gasteiger partial charge in [0.05, 0.1) is 13.2 Å². The minimum Gasteiger partial charge on any atom is -0.493 e. The van der Waals surface area contributed by atoms with Gasteiger partial charge in [-0.05, 0) is 46.2 Å². The smallest absolute Gasteiger partial charge is 0.326 e. The maximum Gasteiger partial charge on any atom is 0.326 e. The summed E-state index contributed by atoms with van der Waals surface area (Å²) in [4.78, 5) is 12.2. The van der Waals surface area contributed by atoms with Gasteiger partial charge in [-0.15, -0.1) is 0 Å². The summed E-state index contributed by atoms with van der Waals surface area (Å²) in [5.74, 6) is 0.625. The fourth-order valence-electron chi connectivity index (χ4n) is 2.24. The number of carbonyl (C=O) groups is 1. The van der Waals surface area contributed by atoms with Crippen LogP contribution < -0.4 is 10.1 Å². The van der Waals surface area contributed by atoms with Gasteiger partial charge in [0.1, 0.15) is 11.3 Å². The minimum atomic E-state index is -0.729. The molecule has 4 heteroatoms. The minimum absolute atomic E-state index is 0.192. The van der Waals surface area contributed by atoms with Crippen LogP contribution in [0.3, 0.4) is 0 Å². The summed E-state index contributed by atoms with van der Waals surface area (Å²) in [6.45, 7) is 10.6. The first kappa shape index (κ1) is 17.5. The number of hydrogen-bond acceptors (Lipinski definition) is 4. The molecule has 0 aliphatic heterocycles. The normalized spacial score (nSPS) is 13.8. The molecule has 0 spiro atoms. The number of para-hydroxylation sites is 1. The van der Waals surface area contributed by atoms with E-state index in [1.165, 1.54) is 0 Å². The largest absolute Gasteiger partial charge is 0.493 e. The first-order valence-electron chi connectivity index (χ1n) is 7.52. The molecule has 0 amide bonds. The van der Waals surface area contributed by atoms with Crippen LogP contribution in [-0.2, 0) is 9.53 Å². The Balaban J connectivity index is 2.65. The molecule has 0 fully saturated rings. The van der Waals surface area contributed by atoms with Crippen molar-refractivity contribution in [2.24, 2.45) is 0 Å². The highest BCUT2D eigenvalue weighted by Gasteiger charge is 2.35. The summed E-state index contributed by atoms with van der Waals surface area (Å²) in [5.41, 5.74) is 0.361. The van der Waals surface area contributed by atoms with Crippen molar-refractivity contribution in [2.45, 2.75) is 52.6 Å². The average molecular weight is 293 g/mol. The van der Waals surface area contributed by atoms with Crippen LogP contribution in [0.15, 0.2) is 24.3 Å². The van der Waals surface area contributed by atoms with E-state index >= 15 is 0 Å². The van der Waals surface area contributed by atoms with E-state index in [1.807, 2.05) is 58.9 Å². The molecule has 21 heavy (non-hydrogen) atoms. The molecule has 0 aliphatic rings. The fourth-order valence-corrected chi connectivity index (χ4v) is 2.24. The molecule has 0 radical (unpaired) electrons. The number of ether oxygens (including phenoxy) is 2. The van der Waals surface area contributed by atoms with Crippen molar-refractivity contribution in [3.63, 3.8) is 0 Å². The molecule has 118 valence electrons. The van der Waals surface area contributed by atoms with Crippen LogP contribution in [0.25, 0.3) is 0 Å². The van der Waals surface area contributed by atoms with E-state index in [0.29, 0.717) is 19.6 Å². The lowest BCUT2D eigenvalue weighted by molar-refractivity contribution is -0.151. The highest BCUT2D eigenvalue weighted by atomic mass is 16.5. The van der Waals surface area contributed by atoms with E-state index in [-0.39, 0.29) is 12.0 Å². The zero-order valence-corrected chi connectivity index (χ0v) is 13.7. The van der Waals surface area contributed by atoms with Crippen LogP contribution in [0.2, 0.25) is 0 Å². The SMILES string of the molecule is CCOC(=O)C(C)(CCOc1ccccc1C)NC(C)C. The Morgan fingerprint density at radius 1 is 1.33 bits per heavy atom. The molecular weight excluding hydrogens is 266 g/mol. The van der Waals surface area contributed by atoms with Crippen LogP contribution in [0, 0.1) is 6.92 Å². The average Bonchev–Trinajstić information content (AvgIpc) is 2.40. The Morgan fingerprint density at radius 2 is 2.00 bits per heavy atom. The second-order valence-corrected chi connectivity index (χ2v) is 5.72. The van der Waals surface area contributed by atoms with Gasteiger partial charge in [-0.3, -0.25) is 10.1 Å². The van der Waals surface area contributed by atoms with Gasteiger partial charge in [-0.25, -0.2) is 0 Å². The molecule has 0 aliphatic carbocycles. The molecule has 0 saturated heterocycles. The maximum atomic E-state index is 12.2. The van der Waals surface area contributed by atoms with Crippen LogP contribution in [-0.4, -0.2) is 30.8 Å². The van der Waals surface area contributed by atoms with Gasteiger partial charge >= 0.3 is 5.97 Å². The Hall–Kier alpha value is -1.55. The molecule has 4 nitrogen and oxygen atoms in total. The fraction of sp³-hybridized carbons (Fsp3) is 0.588. The molecule has 0 aromatic heterocycles. The van der Waals surface area contributed by atoms with Crippen molar-refractivity contribution in [1.82, 2.24) is 5.32 Å². The summed E-state index contributed by atoms with van der Waals surface area (Å²) in [6.07, 6.45) is 0.554. The third-order valence-corrected chi connectivity index (χ3v) is 3.29. The Bertz CT molecular complexity index is 459. The van der Waals surface area contributed by atoms with E-state index in [2.05, 4.69) is 5.32 Å². The van der Waals surface area contributed by atoms with E-state index in [9.17, 15) is 4.79 Å². The topological polar surface area (TPSA) is 47.6 Å². The van der Waals surface area contributed by atoms with Gasteiger partial charge in [0, 0.05) is 12.5 Å². The van der Waals surface area contributed by atoms with Crippen LogP contribution in [0.5, 0.6) is 5.75 Å². The summed E-state index contributed by atoms with van der Waals surface area (Å²) in [6, 6.07) is 8.06. The maximum absolute atomic E-state index is 12.2. The van der Waals surface area contributed by atoms with E-state index in [1.54, 1.807) is 0 Å².